The van der Waals surface area contributed by atoms with Gasteiger partial charge in [0.25, 0.3) is 0 Å². The third-order valence-electron chi connectivity index (χ3n) is 6.10. The molecule has 1 saturated heterocycles. The molecule has 0 saturated carbocycles. The number of hydrogen-bond donors (Lipinski definition) is 1. The summed E-state index contributed by atoms with van der Waals surface area (Å²) in [6.07, 6.45) is 1.58. The van der Waals surface area contributed by atoms with E-state index in [2.05, 4.69) is 37.6 Å². The van der Waals surface area contributed by atoms with Gasteiger partial charge in [-0.1, -0.05) is 36.4 Å². The zero-order chi connectivity index (χ0) is 22.1. The molecule has 7 nitrogen and oxygen atoms in total. The van der Waals surface area contributed by atoms with Crippen molar-refractivity contribution in [2.75, 3.05) is 23.3 Å². The molecule has 7 heteroatoms. The van der Waals surface area contributed by atoms with Gasteiger partial charge in [0, 0.05) is 35.8 Å². The van der Waals surface area contributed by atoms with Crippen molar-refractivity contribution in [3.63, 3.8) is 0 Å². The molecule has 2 aromatic carbocycles. The van der Waals surface area contributed by atoms with Gasteiger partial charge in [0.05, 0.1) is 5.69 Å². The third-order valence-corrected chi connectivity index (χ3v) is 6.10. The van der Waals surface area contributed by atoms with Gasteiger partial charge in [0.2, 0.25) is 5.91 Å². The van der Waals surface area contributed by atoms with Gasteiger partial charge in [-0.3, -0.25) is 4.79 Å². The first-order valence-corrected chi connectivity index (χ1v) is 11.0. The summed E-state index contributed by atoms with van der Waals surface area (Å²) in [4.78, 5) is 15.1. The van der Waals surface area contributed by atoms with Crippen LogP contribution in [0.1, 0.15) is 24.2 Å². The van der Waals surface area contributed by atoms with Crippen molar-refractivity contribution in [3.8, 4) is 5.82 Å². The van der Waals surface area contributed by atoms with Crippen molar-refractivity contribution >= 4 is 28.2 Å². The van der Waals surface area contributed by atoms with Gasteiger partial charge in [0.1, 0.15) is 0 Å². The van der Waals surface area contributed by atoms with Crippen LogP contribution >= 0.6 is 0 Å². The molecule has 1 amide bonds. The number of hydrogen-bond acceptors (Lipinski definition) is 5. The van der Waals surface area contributed by atoms with Crippen molar-refractivity contribution in [2.24, 2.45) is 5.92 Å². The predicted octanol–water partition coefficient (Wildman–Crippen LogP) is 4.29. The van der Waals surface area contributed by atoms with E-state index in [-0.39, 0.29) is 11.8 Å². The number of aryl methyl sites for hydroxylation is 2. The Labute approximate surface area is 187 Å². The second-order valence-electron chi connectivity index (χ2n) is 8.37. The summed E-state index contributed by atoms with van der Waals surface area (Å²) in [5.74, 6) is 1.63. The van der Waals surface area contributed by atoms with Crippen LogP contribution < -0.4 is 10.2 Å². The van der Waals surface area contributed by atoms with Crippen LogP contribution in [0.15, 0.2) is 60.7 Å². The monoisotopic (exact) mass is 426 g/mol. The second kappa shape index (κ2) is 8.42. The van der Waals surface area contributed by atoms with Crippen LogP contribution in [0.4, 0.5) is 11.5 Å². The average molecular weight is 427 g/mol. The number of carbonyl (C=O) groups excluding carboxylic acids is 1. The Hall–Kier alpha value is -3.74. The molecule has 1 aliphatic heterocycles. The predicted molar refractivity (Wildman–Crippen MR) is 126 cm³/mol. The molecule has 5 rings (SSSR count). The van der Waals surface area contributed by atoms with Gasteiger partial charge in [-0.15, -0.1) is 10.2 Å². The fourth-order valence-electron chi connectivity index (χ4n) is 4.40. The van der Waals surface area contributed by atoms with Gasteiger partial charge in [0.15, 0.2) is 11.6 Å². The molecule has 0 radical (unpaired) electrons. The molecule has 0 aliphatic carbocycles. The Morgan fingerprint density at radius 2 is 1.66 bits per heavy atom. The molecular weight excluding hydrogens is 400 g/mol. The molecule has 3 heterocycles. The summed E-state index contributed by atoms with van der Waals surface area (Å²) in [5, 5.41) is 18.6. The lowest BCUT2D eigenvalue weighted by Gasteiger charge is -2.31. The van der Waals surface area contributed by atoms with E-state index < -0.39 is 0 Å². The molecule has 162 valence electrons. The minimum atomic E-state index is -0.00727. The van der Waals surface area contributed by atoms with E-state index >= 15 is 0 Å². The van der Waals surface area contributed by atoms with Gasteiger partial charge in [-0.2, -0.15) is 5.10 Å². The largest absolute Gasteiger partial charge is 0.355 e. The summed E-state index contributed by atoms with van der Waals surface area (Å²) in [6.45, 7) is 5.53. The van der Waals surface area contributed by atoms with E-state index in [1.807, 2.05) is 62.4 Å². The summed E-state index contributed by atoms with van der Waals surface area (Å²) in [6, 6.07) is 20.1. The van der Waals surface area contributed by atoms with Crippen LogP contribution in [0, 0.1) is 19.8 Å². The molecule has 4 aromatic rings. The molecular formula is C25H26N6O. The fraction of sp³-hybridized carbons (Fsp3) is 0.280. The van der Waals surface area contributed by atoms with Crippen LogP contribution in [0.3, 0.4) is 0 Å². The Morgan fingerprint density at radius 3 is 2.38 bits per heavy atom. The molecule has 1 N–H and O–H groups in total. The number of carbonyl (C=O) groups is 1. The summed E-state index contributed by atoms with van der Waals surface area (Å²) in [7, 11) is 0. The summed E-state index contributed by atoms with van der Waals surface area (Å²) >= 11 is 0. The molecule has 0 spiro atoms. The van der Waals surface area contributed by atoms with Crippen molar-refractivity contribution < 1.29 is 4.79 Å². The van der Waals surface area contributed by atoms with Crippen molar-refractivity contribution in [1.82, 2.24) is 20.0 Å². The van der Waals surface area contributed by atoms with Gasteiger partial charge < -0.3 is 10.2 Å². The van der Waals surface area contributed by atoms with E-state index in [0.717, 1.165) is 59.6 Å². The molecule has 0 bridgehead atoms. The fourth-order valence-corrected chi connectivity index (χ4v) is 4.40. The second-order valence-corrected chi connectivity index (χ2v) is 8.37. The maximum atomic E-state index is 12.9. The number of amides is 1. The van der Waals surface area contributed by atoms with Crippen LogP contribution in [-0.4, -0.2) is 39.0 Å². The van der Waals surface area contributed by atoms with E-state index in [9.17, 15) is 4.79 Å². The van der Waals surface area contributed by atoms with E-state index in [0.29, 0.717) is 5.82 Å². The van der Waals surface area contributed by atoms with Crippen molar-refractivity contribution in [3.05, 3.63) is 72.1 Å². The third kappa shape index (κ3) is 3.93. The quantitative estimate of drug-likeness (QED) is 0.527. The van der Waals surface area contributed by atoms with E-state index in [1.54, 1.807) is 4.68 Å². The van der Waals surface area contributed by atoms with E-state index in [4.69, 9.17) is 0 Å². The standard InChI is InChI=1S/C25H26N6O/c1-17-16-18(2)31(29-17)24-11-10-23(27-28-24)30-14-12-20(13-15-30)25(32)26-22-9-5-7-19-6-3-4-8-21(19)22/h3-11,16,20H,12-15H2,1-2H3,(H,26,32). The van der Waals surface area contributed by atoms with Gasteiger partial charge in [-0.25, -0.2) is 4.68 Å². The Bertz CT molecular complexity index is 1250. The molecule has 0 unspecified atom stereocenters. The van der Waals surface area contributed by atoms with Crippen LogP contribution in [0.5, 0.6) is 0 Å². The summed E-state index contributed by atoms with van der Waals surface area (Å²) < 4.78 is 1.80. The van der Waals surface area contributed by atoms with Crippen LogP contribution in [0.2, 0.25) is 0 Å². The minimum Gasteiger partial charge on any atom is -0.355 e. The Morgan fingerprint density at radius 1 is 0.938 bits per heavy atom. The maximum absolute atomic E-state index is 12.9. The van der Waals surface area contributed by atoms with Gasteiger partial charge in [-0.05, 0) is 56.3 Å². The molecule has 1 aliphatic rings. The highest BCUT2D eigenvalue weighted by molar-refractivity contribution is 6.02. The first kappa shape index (κ1) is 20.2. The lowest BCUT2D eigenvalue weighted by atomic mass is 9.95. The Balaban J connectivity index is 1.22. The lowest BCUT2D eigenvalue weighted by molar-refractivity contribution is -0.120. The minimum absolute atomic E-state index is 0.00727. The average Bonchev–Trinajstić information content (AvgIpc) is 3.17. The zero-order valence-electron chi connectivity index (χ0n) is 18.3. The first-order valence-electron chi connectivity index (χ1n) is 11.0. The highest BCUT2D eigenvalue weighted by Crippen LogP contribution is 2.26. The van der Waals surface area contributed by atoms with Crippen molar-refractivity contribution in [1.29, 1.82) is 0 Å². The first-order chi connectivity index (χ1) is 15.6. The SMILES string of the molecule is Cc1cc(C)n(-c2ccc(N3CCC(C(=O)Nc4cccc5ccccc45)CC3)nn2)n1. The molecule has 0 atom stereocenters. The number of benzene rings is 2. The summed E-state index contributed by atoms with van der Waals surface area (Å²) in [5.41, 5.74) is 2.86. The van der Waals surface area contributed by atoms with Crippen LogP contribution in [0.25, 0.3) is 16.6 Å². The topological polar surface area (TPSA) is 75.9 Å². The number of rotatable bonds is 4. The highest BCUT2D eigenvalue weighted by Gasteiger charge is 2.26. The Kier molecular flexibility index (Phi) is 5.31. The number of aromatic nitrogens is 4. The number of anilines is 2. The zero-order valence-corrected chi connectivity index (χ0v) is 18.3. The normalized spacial score (nSPS) is 14.6. The smallest absolute Gasteiger partial charge is 0.227 e. The number of nitrogens with zero attached hydrogens (tertiary/aromatic N) is 5. The number of piperidine rings is 1. The lowest BCUT2D eigenvalue weighted by Crippen LogP contribution is -2.38. The van der Waals surface area contributed by atoms with E-state index in [1.165, 1.54) is 0 Å². The number of nitrogens with one attached hydrogen (secondary N) is 1. The number of fused-ring (bicyclic) bond motifs is 1. The highest BCUT2D eigenvalue weighted by atomic mass is 16.1. The molecule has 1 fully saturated rings. The van der Waals surface area contributed by atoms with Gasteiger partial charge >= 0.3 is 0 Å². The molecule has 2 aromatic heterocycles. The van der Waals surface area contributed by atoms with Crippen molar-refractivity contribution in [2.45, 2.75) is 26.7 Å². The molecule has 32 heavy (non-hydrogen) atoms. The van der Waals surface area contributed by atoms with Crippen LogP contribution in [-0.2, 0) is 4.79 Å². The maximum Gasteiger partial charge on any atom is 0.227 e.